The first kappa shape index (κ1) is 11.4. The second-order valence-electron chi connectivity index (χ2n) is 1.59. The summed E-state index contributed by atoms with van der Waals surface area (Å²) < 4.78 is 0. The number of hydrogen-bond donors (Lipinski definition) is 0. The second-order valence-corrected chi connectivity index (χ2v) is 6.49. The lowest BCUT2D eigenvalue weighted by Gasteiger charge is -1.97. The van der Waals surface area contributed by atoms with Crippen LogP contribution in [0.25, 0.3) is 0 Å². The minimum absolute atomic E-state index is 1.29. The van der Waals surface area contributed by atoms with Gasteiger partial charge in [0.2, 0.25) is 0 Å². The Labute approximate surface area is 80.5 Å². The van der Waals surface area contributed by atoms with Gasteiger partial charge in [0.15, 0.2) is 0 Å². The molecule has 0 atom stereocenters. The minimum atomic E-state index is 1.29. The largest absolute Gasteiger partial charge is 0.165 e. The molecule has 0 fully saturated rings. The Kier molecular flexibility index (Phi) is 11.9. The lowest BCUT2D eigenvalue weighted by Crippen LogP contribution is -1.87. The first-order valence-electron chi connectivity index (χ1n) is 3.14. The predicted octanol–water partition coefficient (Wildman–Crippen LogP) is 3.09. The molecular formula is C6H14S4. The summed E-state index contributed by atoms with van der Waals surface area (Å²) in [5.41, 5.74) is 0. The molecule has 0 N–H and O–H groups in total. The van der Waals surface area contributed by atoms with E-state index in [-0.39, 0.29) is 0 Å². The van der Waals surface area contributed by atoms with Crippen molar-refractivity contribution < 1.29 is 0 Å². The van der Waals surface area contributed by atoms with Crippen molar-refractivity contribution in [2.24, 2.45) is 0 Å². The molecule has 0 aliphatic heterocycles. The topological polar surface area (TPSA) is 0 Å². The molecule has 0 aliphatic carbocycles. The molecule has 0 bridgehead atoms. The summed E-state index contributed by atoms with van der Waals surface area (Å²) in [5, 5.41) is 0. The van der Waals surface area contributed by atoms with Crippen molar-refractivity contribution in [2.75, 3.05) is 35.5 Å². The lowest BCUT2D eigenvalue weighted by molar-refractivity contribution is 1.50. The third-order valence-electron chi connectivity index (χ3n) is 0.861. The van der Waals surface area contributed by atoms with E-state index in [2.05, 4.69) is 24.3 Å². The summed E-state index contributed by atoms with van der Waals surface area (Å²) in [6.45, 7) is 0. The van der Waals surface area contributed by atoms with Crippen LogP contribution in [0.15, 0.2) is 0 Å². The summed E-state index contributed by atoms with van der Waals surface area (Å²) in [4.78, 5) is 0. The summed E-state index contributed by atoms with van der Waals surface area (Å²) in [6.07, 6.45) is 4.30. The zero-order valence-corrected chi connectivity index (χ0v) is 9.73. The molecule has 0 rings (SSSR count). The summed E-state index contributed by atoms with van der Waals surface area (Å²) >= 11 is 4.00. The van der Waals surface area contributed by atoms with E-state index in [1.807, 2.05) is 33.3 Å². The maximum atomic E-state index is 2.16. The van der Waals surface area contributed by atoms with Gasteiger partial charge in [-0.25, -0.2) is 0 Å². The van der Waals surface area contributed by atoms with Gasteiger partial charge < -0.3 is 0 Å². The number of thioether (sulfide) groups is 2. The fraction of sp³-hybridized carbons (Fsp3) is 1.00. The van der Waals surface area contributed by atoms with E-state index in [1.54, 1.807) is 0 Å². The number of hydrogen-bond acceptors (Lipinski definition) is 4. The first-order valence-corrected chi connectivity index (χ1v) is 8.41. The molecule has 0 aromatic rings. The van der Waals surface area contributed by atoms with Crippen LogP contribution in [-0.4, -0.2) is 35.5 Å². The van der Waals surface area contributed by atoms with Gasteiger partial charge in [-0.05, 0) is 12.5 Å². The van der Waals surface area contributed by atoms with Gasteiger partial charge in [0.25, 0.3) is 0 Å². The van der Waals surface area contributed by atoms with Crippen molar-refractivity contribution >= 4 is 45.1 Å². The first-order chi connectivity index (χ1) is 4.91. The van der Waals surface area contributed by atoms with Gasteiger partial charge in [-0.1, -0.05) is 21.6 Å². The Bertz CT molecular complexity index is 49.7. The zero-order valence-electron chi connectivity index (χ0n) is 6.46. The van der Waals surface area contributed by atoms with Gasteiger partial charge in [0.05, 0.1) is 0 Å². The third-order valence-corrected chi connectivity index (χ3v) is 4.79. The van der Waals surface area contributed by atoms with Gasteiger partial charge in [-0.15, -0.1) is 0 Å². The molecule has 0 saturated carbocycles. The summed E-state index contributed by atoms with van der Waals surface area (Å²) in [5.74, 6) is 5.22. The Balaban J connectivity index is 2.65. The van der Waals surface area contributed by atoms with Crippen LogP contribution in [0.1, 0.15) is 0 Å². The van der Waals surface area contributed by atoms with Gasteiger partial charge in [-0.3, -0.25) is 0 Å². The van der Waals surface area contributed by atoms with E-state index in [0.29, 0.717) is 0 Å². The fourth-order valence-electron chi connectivity index (χ4n) is 0.421. The minimum Gasteiger partial charge on any atom is -0.165 e. The van der Waals surface area contributed by atoms with Gasteiger partial charge >= 0.3 is 0 Å². The molecule has 0 radical (unpaired) electrons. The molecule has 4 heteroatoms. The van der Waals surface area contributed by atoms with Crippen LogP contribution in [0.5, 0.6) is 0 Å². The molecule has 10 heavy (non-hydrogen) atoms. The molecule has 0 aromatic carbocycles. The van der Waals surface area contributed by atoms with E-state index in [9.17, 15) is 0 Å². The van der Waals surface area contributed by atoms with Crippen molar-refractivity contribution in [3.63, 3.8) is 0 Å². The van der Waals surface area contributed by atoms with Crippen molar-refractivity contribution in [3.05, 3.63) is 0 Å². The highest BCUT2D eigenvalue weighted by Gasteiger charge is 1.88. The quantitative estimate of drug-likeness (QED) is 0.471. The maximum Gasteiger partial charge on any atom is 0.0128 e. The molecule has 0 nitrogen and oxygen atoms in total. The Hall–Kier alpha value is 1.40. The van der Waals surface area contributed by atoms with E-state index in [1.165, 1.54) is 23.0 Å². The molecule has 0 aromatic heterocycles. The van der Waals surface area contributed by atoms with Crippen LogP contribution in [0, 0.1) is 0 Å². The highest BCUT2D eigenvalue weighted by atomic mass is 33.1. The zero-order chi connectivity index (χ0) is 7.66. The third kappa shape index (κ3) is 9.40. The summed E-state index contributed by atoms with van der Waals surface area (Å²) in [7, 11) is 3.82. The van der Waals surface area contributed by atoms with E-state index in [0.717, 1.165) is 0 Å². The van der Waals surface area contributed by atoms with E-state index < -0.39 is 0 Å². The molecule has 62 valence electrons. The average Bonchev–Trinajstić information content (AvgIpc) is 1.97. The van der Waals surface area contributed by atoms with Crippen molar-refractivity contribution in [2.45, 2.75) is 0 Å². The van der Waals surface area contributed by atoms with Crippen LogP contribution in [0.2, 0.25) is 0 Å². The van der Waals surface area contributed by atoms with Crippen molar-refractivity contribution in [3.8, 4) is 0 Å². The second kappa shape index (κ2) is 10.4. The van der Waals surface area contributed by atoms with Crippen molar-refractivity contribution in [1.82, 2.24) is 0 Å². The SMILES string of the molecule is CSCCSCCSSC. The Morgan fingerprint density at radius 3 is 2.20 bits per heavy atom. The van der Waals surface area contributed by atoms with Gasteiger partial charge in [0, 0.05) is 23.0 Å². The predicted molar refractivity (Wildman–Crippen MR) is 61.7 cm³/mol. The fourth-order valence-corrected chi connectivity index (χ4v) is 3.79. The summed E-state index contributed by atoms with van der Waals surface area (Å²) in [6, 6.07) is 0. The van der Waals surface area contributed by atoms with Gasteiger partial charge in [0.1, 0.15) is 0 Å². The maximum absolute atomic E-state index is 2.16. The molecule has 0 unspecified atom stereocenters. The average molecular weight is 214 g/mol. The van der Waals surface area contributed by atoms with Crippen LogP contribution >= 0.6 is 45.1 Å². The lowest BCUT2D eigenvalue weighted by atomic mass is 10.9. The molecule has 0 spiro atoms. The van der Waals surface area contributed by atoms with Gasteiger partial charge in [-0.2, -0.15) is 23.5 Å². The molecule has 0 heterocycles. The Morgan fingerprint density at radius 1 is 0.900 bits per heavy atom. The monoisotopic (exact) mass is 214 g/mol. The van der Waals surface area contributed by atoms with E-state index >= 15 is 0 Å². The smallest absolute Gasteiger partial charge is 0.0128 e. The standard InChI is InChI=1S/C6H14S4/c1-7-3-4-9-5-6-10-8-2/h3-6H2,1-2H3. The number of rotatable bonds is 7. The van der Waals surface area contributed by atoms with Crippen LogP contribution < -0.4 is 0 Å². The van der Waals surface area contributed by atoms with Crippen LogP contribution in [0.4, 0.5) is 0 Å². The highest BCUT2D eigenvalue weighted by Crippen LogP contribution is 2.18. The van der Waals surface area contributed by atoms with Crippen molar-refractivity contribution in [1.29, 1.82) is 0 Å². The molecule has 0 amide bonds. The van der Waals surface area contributed by atoms with E-state index in [4.69, 9.17) is 0 Å². The van der Waals surface area contributed by atoms with Crippen LogP contribution in [-0.2, 0) is 0 Å². The Morgan fingerprint density at radius 2 is 1.60 bits per heavy atom. The van der Waals surface area contributed by atoms with Crippen LogP contribution in [0.3, 0.4) is 0 Å². The molecular weight excluding hydrogens is 200 g/mol. The normalized spacial score (nSPS) is 10.2. The highest BCUT2D eigenvalue weighted by molar-refractivity contribution is 8.76. The molecule has 0 saturated heterocycles. The molecule has 0 aliphatic rings.